The molecule has 4 aromatic rings. The predicted molar refractivity (Wildman–Crippen MR) is 241 cm³/mol. The fourth-order valence-corrected chi connectivity index (χ4v) is 7.54. The number of anilines is 5. The molecule has 0 aliphatic carbocycles. The monoisotopic (exact) mass is 921 g/mol. The van der Waals surface area contributed by atoms with Gasteiger partial charge in [0.05, 0.1) is 67.8 Å². The summed E-state index contributed by atoms with van der Waals surface area (Å²) in [5.74, 6) is -2.36. The molecule has 1 unspecified atom stereocenters. The quantitative estimate of drug-likeness (QED) is 0.0654. The number of rotatable bonds is 22. The molecule has 1 atom stereocenters. The van der Waals surface area contributed by atoms with Gasteiger partial charge in [0.2, 0.25) is 17.8 Å². The van der Waals surface area contributed by atoms with Crippen molar-refractivity contribution in [3.8, 4) is 11.5 Å². The number of hydrogen-bond acceptors (Lipinski definition) is 16. The zero-order chi connectivity index (χ0) is 47.5. The number of fused-ring (bicyclic) bond motifs is 3. The molecule has 67 heavy (non-hydrogen) atoms. The summed E-state index contributed by atoms with van der Waals surface area (Å²) in [7, 11) is 5.03. The number of para-hydroxylation sites is 1. The molecule has 3 aromatic carbocycles. The van der Waals surface area contributed by atoms with Crippen molar-refractivity contribution in [1.29, 1.82) is 0 Å². The maximum absolute atomic E-state index is 13.3. The largest absolute Gasteiger partial charge is 0.495 e. The zero-order valence-corrected chi connectivity index (χ0v) is 37.3. The van der Waals surface area contributed by atoms with Crippen LogP contribution < -0.4 is 40.5 Å². The number of imide groups is 2. The molecule has 1 fully saturated rings. The van der Waals surface area contributed by atoms with E-state index in [9.17, 15) is 33.6 Å². The molecule has 352 valence electrons. The van der Waals surface area contributed by atoms with E-state index in [1.54, 1.807) is 37.5 Å². The Morgan fingerprint density at radius 1 is 0.761 bits per heavy atom. The van der Waals surface area contributed by atoms with Crippen molar-refractivity contribution in [3.63, 3.8) is 0 Å². The van der Waals surface area contributed by atoms with Crippen molar-refractivity contribution in [2.45, 2.75) is 31.7 Å². The van der Waals surface area contributed by atoms with Crippen molar-refractivity contribution in [2.75, 3.05) is 95.7 Å². The molecule has 1 aromatic heterocycles. The first-order valence-electron chi connectivity index (χ1n) is 21.6. The number of ether oxygens (including phenoxy) is 5. The van der Waals surface area contributed by atoms with E-state index in [4.69, 9.17) is 23.7 Å². The van der Waals surface area contributed by atoms with Gasteiger partial charge in [-0.05, 0) is 61.7 Å². The van der Waals surface area contributed by atoms with Gasteiger partial charge in [0.25, 0.3) is 29.5 Å². The van der Waals surface area contributed by atoms with Crippen LogP contribution in [-0.2, 0) is 28.6 Å². The highest BCUT2D eigenvalue weighted by Crippen LogP contribution is 2.39. The van der Waals surface area contributed by atoms with E-state index >= 15 is 0 Å². The van der Waals surface area contributed by atoms with E-state index in [0.29, 0.717) is 99.6 Å². The number of carbonyl (C=O) groups is 7. The standard InChI is InChI=1S/C46H51N9O12/c1-53-32-11-5-4-9-29(32)43(60)54(2)40-34(53)26-49-46(52-40)50-31-14-13-28(25-36(31)63-3)41(58)48-18-8-20-65-22-24-66-23-21-64-19-7-17-47-38(57)27-67-35-12-6-10-30-39(35)45(62)55(44(30)61)33-15-16-37(56)51-42(33)59/h4-6,9-14,25-26,33H,7-8,15-24,27H2,1-3H3,(H,47,57)(H,48,58)(H,49,50,52)(H,51,56,59). The summed E-state index contributed by atoms with van der Waals surface area (Å²) in [6.45, 7) is 2.53. The number of hydrogen-bond donors (Lipinski definition) is 4. The summed E-state index contributed by atoms with van der Waals surface area (Å²) in [5, 5.41) is 10.9. The summed E-state index contributed by atoms with van der Waals surface area (Å²) in [4.78, 5) is 102. The lowest BCUT2D eigenvalue weighted by Gasteiger charge is -2.27. The van der Waals surface area contributed by atoms with E-state index in [2.05, 4.69) is 31.2 Å². The maximum Gasteiger partial charge on any atom is 0.266 e. The van der Waals surface area contributed by atoms with Crippen molar-refractivity contribution in [1.82, 2.24) is 30.8 Å². The minimum absolute atomic E-state index is 0.00278. The Morgan fingerprint density at radius 2 is 1.46 bits per heavy atom. The van der Waals surface area contributed by atoms with Gasteiger partial charge in [-0.3, -0.25) is 48.7 Å². The number of aromatic nitrogens is 2. The lowest BCUT2D eigenvalue weighted by atomic mass is 10.0. The molecule has 7 amide bonds. The van der Waals surface area contributed by atoms with Gasteiger partial charge in [0.15, 0.2) is 12.4 Å². The molecular weight excluding hydrogens is 871 g/mol. The normalized spacial score (nSPS) is 15.4. The highest BCUT2D eigenvalue weighted by molar-refractivity contribution is 6.24. The maximum atomic E-state index is 13.3. The summed E-state index contributed by atoms with van der Waals surface area (Å²) in [5.41, 5.74) is 2.93. The average Bonchev–Trinajstić information content (AvgIpc) is 3.55. The molecule has 4 heterocycles. The average molecular weight is 922 g/mol. The second-order valence-electron chi connectivity index (χ2n) is 15.4. The van der Waals surface area contributed by atoms with E-state index in [1.165, 1.54) is 30.2 Å². The van der Waals surface area contributed by atoms with Crippen LogP contribution in [0.15, 0.2) is 66.9 Å². The highest BCUT2D eigenvalue weighted by Gasteiger charge is 2.46. The molecule has 3 aliphatic rings. The lowest BCUT2D eigenvalue weighted by molar-refractivity contribution is -0.136. The number of amides is 7. The lowest BCUT2D eigenvalue weighted by Crippen LogP contribution is -2.54. The molecule has 0 saturated carbocycles. The SMILES string of the molecule is COc1cc(C(=O)NCCCOCCOCCOCCCNC(=O)COc2cccc3c2C(=O)N(C2CCC(=O)NC2=O)C3=O)ccc1Nc1ncc2c(n1)N(C)C(=O)c1ccccc1N2C. The molecule has 4 N–H and O–H groups in total. The third-order valence-corrected chi connectivity index (χ3v) is 11.0. The van der Waals surface area contributed by atoms with Gasteiger partial charge < -0.3 is 44.5 Å². The van der Waals surface area contributed by atoms with Crippen LogP contribution in [0, 0.1) is 0 Å². The molecule has 7 rings (SSSR count). The predicted octanol–water partition coefficient (Wildman–Crippen LogP) is 2.74. The Balaban J connectivity index is 0.714. The number of benzene rings is 3. The minimum atomic E-state index is -1.11. The van der Waals surface area contributed by atoms with Gasteiger partial charge in [-0.2, -0.15) is 4.98 Å². The number of piperidine rings is 1. The van der Waals surface area contributed by atoms with Crippen LogP contribution in [0.4, 0.5) is 28.8 Å². The van der Waals surface area contributed by atoms with Crippen LogP contribution in [0.1, 0.15) is 67.1 Å². The molecule has 0 spiro atoms. The van der Waals surface area contributed by atoms with Crippen LogP contribution >= 0.6 is 0 Å². The Hall–Kier alpha value is -7.49. The molecule has 0 radical (unpaired) electrons. The van der Waals surface area contributed by atoms with Gasteiger partial charge >= 0.3 is 0 Å². The van der Waals surface area contributed by atoms with Gasteiger partial charge in [-0.25, -0.2) is 4.98 Å². The van der Waals surface area contributed by atoms with Crippen molar-refractivity contribution < 1.29 is 57.2 Å². The van der Waals surface area contributed by atoms with Crippen LogP contribution in [0.2, 0.25) is 0 Å². The third kappa shape index (κ3) is 11.1. The molecule has 21 heteroatoms. The number of nitrogens with zero attached hydrogens (tertiary/aromatic N) is 5. The molecular formula is C46H51N9O12. The van der Waals surface area contributed by atoms with E-state index in [0.717, 1.165) is 10.6 Å². The van der Waals surface area contributed by atoms with E-state index < -0.39 is 42.2 Å². The minimum Gasteiger partial charge on any atom is -0.495 e. The smallest absolute Gasteiger partial charge is 0.266 e. The van der Waals surface area contributed by atoms with Crippen LogP contribution in [0.5, 0.6) is 11.5 Å². The fraction of sp³-hybridized carbons (Fsp3) is 0.370. The zero-order valence-electron chi connectivity index (χ0n) is 37.3. The van der Waals surface area contributed by atoms with Crippen molar-refractivity contribution in [2.24, 2.45) is 0 Å². The molecule has 21 nitrogen and oxygen atoms in total. The Morgan fingerprint density at radius 3 is 2.19 bits per heavy atom. The summed E-state index contributed by atoms with van der Waals surface area (Å²) in [6.07, 6.45) is 2.79. The molecule has 3 aliphatic heterocycles. The fourth-order valence-electron chi connectivity index (χ4n) is 7.54. The Labute approximate surface area is 385 Å². The summed E-state index contributed by atoms with van der Waals surface area (Å²) in [6, 6.07) is 15.6. The van der Waals surface area contributed by atoms with Crippen LogP contribution in [0.3, 0.4) is 0 Å². The number of methoxy groups -OCH3 is 1. The summed E-state index contributed by atoms with van der Waals surface area (Å²) >= 11 is 0. The van der Waals surface area contributed by atoms with Gasteiger partial charge in [0, 0.05) is 52.4 Å². The highest BCUT2D eigenvalue weighted by atomic mass is 16.5. The summed E-state index contributed by atoms with van der Waals surface area (Å²) < 4.78 is 27.9. The van der Waals surface area contributed by atoms with Crippen LogP contribution in [0.25, 0.3) is 0 Å². The van der Waals surface area contributed by atoms with Crippen LogP contribution in [-0.4, -0.2) is 143 Å². The van der Waals surface area contributed by atoms with Gasteiger partial charge in [-0.15, -0.1) is 0 Å². The van der Waals surface area contributed by atoms with E-state index in [1.807, 2.05) is 30.1 Å². The van der Waals surface area contributed by atoms with E-state index in [-0.39, 0.29) is 47.5 Å². The van der Waals surface area contributed by atoms with Crippen molar-refractivity contribution >= 4 is 70.2 Å². The van der Waals surface area contributed by atoms with Gasteiger partial charge in [-0.1, -0.05) is 18.2 Å². The first-order valence-corrected chi connectivity index (χ1v) is 21.6. The number of carbonyl (C=O) groups excluding carboxylic acids is 7. The molecule has 0 bridgehead atoms. The first kappa shape index (κ1) is 47.5. The second kappa shape index (κ2) is 22.1. The Kier molecular flexibility index (Phi) is 15.7. The first-order chi connectivity index (χ1) is 32.5. The van der Waals surface area contributed by atoms with Gasteiger partial charge in [0.1, 0.15) is 23.2 Å². The topological polar surface area (TPSA) is 249 Å². The number of nitrogens with one attached hydrogen (secondary N) is 4. The molecule has 1 saturated heterocycles. The van der Waals surface area contributed by atoms with Crippen molar-refractivity contribution in [3.05, 3.63) is 89.1 Å². The Bertz CT molecular complexity index is 2540. The third-order valence-electron chi connectivity index (χ3n) is 11.0. The second-order valence-corrected chi connectivity index (χ2v) is 15.4.